The second-order valence-electron chi connectivity index (χ2n) is 2.68. The number of benzene rings is 1. The SMILES string of the molecule is NC(=O)C#Cc1cccc(NC(N)=S)c1. The van der Waals surface area contributed by atoms with Gasteiger partial charge in [0.2, 0.25) is 0 Å². The van der Waals surface area contributed by atoms with Crippen LogP contribution in [0.15, 0.2) is 24.3 Å². The molecule has 76 valence electrons. The minimum Gasteiger partial charge on any atom is -0.376 e. The van der Waals surface area contributed by atoms with Crippen molar-refractivity contribution in [1.82, 2.24) is 0 Å². The maximum atomic E-state index is 10.4. The molecule has 1 amide bonds. The maximum absolute atomic E-state index is 10.4. The van der Waals surface area contributed by atoms with Crippen LogP contribution in [-0.2, 0) is 4.79 Å². The average Bonchev–Trinajstić information content (AvgIpc) is 2.14. The maximum Gasteiger partial charge on any atom is 0.293 e. The molecule has 0 saturated carbocycles. The fraction of sp³-hybridized carbons (Fsp3) is 0. The van der Waals surface area contributed by atoms with Crippen molar-refractivity contribution in [3.63, 3.8) is 0 Å². The Morgan fingerprint density at radius 1 is 1.40 bits per heavy atom. The molecular formula is C10H9N3OS. The fourth-order valence-corrected chi connectivity index (χ4v) is 1.07. The molecular weight excluding hydrogens is 210 g/mol. The minimum absolute atomic E-state index is 0.176. The van der Waals surface area contributed by atoms with E-state index in [9.17, 15) is 4.79 Å². The first-order valence-corrected chi connectivity index (χ1v) is 4.47. The van der Waals surface area contributed by atoms with Gasteiger partial charge in [0.25, 0.3) is 5.91 Å². The topological polar surface area (TPSA) is 81.1 Å². The number of carbonyl (C=O) groups excluding carboxylic acids is 1. The van der Waals surface area contributed by atoms with Crippen LogP contribution in [0, 0.1) is 11.8 Å². The summed E-state index contributed by atoms with van der Waals surface area (Å²) in [7, 11) is 0. The molecule has 0 aromatic heterocycles. The van der Waals surface area contributed by atoms with E-state index in [2.05, 4.69) is 29.4 Å². The normalized spacial score (nSPS) is 8.53. The zero-order chi connectivity index (χ0) is 11.3. The number of amides is 1. The summed E-state index contributed by atoms with van der Waals surface area (Å²) in [6, 6.07) is 7.02. The highest BCUT2D eigenvalue weighted by Gasteiger charge is 1.94. The predicted molar refractivity (Wildman–Crippen MR) is 62.9 cm³/mol. The van der Waals surface area contributed by atoms with Crippen LogP contribution in [0.5, 0.6) is 0 Å². The van der Waals surface area contributed by atoms with Gasteiger partial charge < -0.3 is 16.8 Å². The molecule has 0 unspecified atom stereocenters. The highest BCUT2D eigenvalue weighted by molar-refractivity contribution is 7.80. The number of primary amides is 1. The first-order valence-electron chi connectivity index (χ1n) is 4.06. The lowest BCUT2D eigenvalue weighted by Gasteiger charge is -2.02. The van der Waals surface area contributed by atoms with Crippen LogP contribution in [0.3, 0.4) is 0 Å². The Kier molecular flexibility index (Phi) is 3.66. The summed E-state index contributed by atoms with van der Waals surface area (Å²) in [6.45, 7) is 0. The Balaban J connectivity index is 2.89. The number of nitrogens with two attached hydrogens (primary N) is 2. The first-order chi connectivity index (χ1) is 7.08. The Morgan fingerprint density at radius 3 is 2.73 bits per heavy atom. The lowest BCUT2D eigenvalue weighted by molar-refractivity contribution is -0.112. The number of thiocarbonyl (C=S) groups is 1. The lowest BCUT2D eigenvalue weighted by atomic mass is 10.2. The van der Waals surface area contributed by atoms with Crippen molar-refractivity contribution >= 4 is 28.9 Å². The van der Waals surface area contributed by atoms with Gasteiger partial charge in [-0.3, -0.25) is 4.79 Å². The Morgan fingerprint density at radius 2 is 2.13 bits per heavy atom. The molecule has 4 nitrogen and oxygen atoms in total. The van der Waals surface area contributed by atoms with Crippen LogP contribution >= 0.6 is 12.2 Å². The number of hydrogen-bond acceptors (Lipinski definition) is 2. The summed E-state index contributed by atoms with van der Waals surface area (Å²) < 4.78 is 0. The molecule has 0 fully saturated rings. The van der Waals surface area contributed by atoms with E-state index in [0.29, 0.717) is 5.56 Å². The van der Waals surface area contributed by atoms with E-state index >= 15 is 0 Å². The van der Waals surface area contributed by atoms with Gasteiger partial charge in [-0.05, 0) is 36.3 Å². The zero-order valence-corrected chi connectivity index (χ0v) is 8.60. The minimum atomic E-state index is -0.664. The van der Waals surface area contributed by atoms with Crippen LogP contribution in [-0.4, -0.2) is 11.0 Å². The molecule has 0 saturated heterocycles. The van der Waals surface area contributed by atoms with Crippen molar-refractivity contribution in [2.75, 3.05) is 5.32 Å². The number of carbonyl (C=O) groups is 1. The molecule has 1 rings (SSSR count). The van der Waals surface area contributed by atoms with Gasteiger partial charge in [-0.25, -0.2) is 0 Å². The van der Waals surface area contributed by atoms with Crippen molar-refractivity contribution in [2.45, 2.75) is 0 Å². The van der Waals surface area contributed by atoms with Gasteiger partial charge >= 0.3 is 0 Å². The number of rotatable bonds is 1. The van der Waals surface area contributed by atoms with Crippen molar-refractivity contribution in [3.8, 4) is 11.8 Å². The third-order valence-electron chi connectivity index (χ3n) is 1.46. The molecule has 0 atom stereocenters. The molecule has 5 N–H and O–H groups in total. The summed E-state index contributed by atoms with van der Waals surface area (Å²) in [4.78, 5) is 10.4. The van der Waals surface area contributed by atoms with Crippen molar-refractivity contribution in [2.24, 2.45) is 11.5 Å². The van der Waals surface area contributed by atoms with Gasteiger partial charge in [-0.15, -0.1) is 0 Å². The zero-order valence-electron chi connectivity index (χ0n) is 7.78. The highest BCUT2D eigenvalue weighted by Crippen LogP contribution is 2.08. The molecule has 1 aromatic rings. The van der Waals surface area contributed by atoms with Crippen molar-refractivity contribution in [1.29, 1.82) is 0 Å². The van der Waals surface area contributed by atoms with Gasteiger partial charge in [0, 0.05) is 11.3 Å². The predicted octanol–water partition coefficient (Wildman–Crippen LogP) is 0.179. The van der Waals surface area contributed by atoms with E-state index in [1.54, 1.807) is 24.3 Å². The summed E-state index contributed by atoms with van der Waals surface area (Å²) in [5.74, 6) is 4.18. The monoisotopic (exact) mass is 219 g/mol. The molecule has 0 bridgehead atoms. The number of nitrogens with one attached hydrogen (secondary N) is 1. The van der Waals surface area contributed by atoms with E-state index in [4.69, 9.17) is 11.5 Å². The average molecular weight is 219 g/mol. The van der Waals surface area contributed by atoms with Crippen LogP contribution in [0.2, 0.25) is 0 Å². The van der Waals surface area contributed by atoms with Crippen LogP contribution in [0.25, 0.3) is 0 Å². The quantitative estimate of drug-likeness (QED) is 0.465. The molecule has 0 aliphatic rings. The van der Waals surface area contributed by atoms with Crippen molar-refractivity contribution < 1.29 is 4.79 Å². The summed E-state index contributed by atoms with van der Waals surface area (Å²) in [6.07, 6.45) is 0. The largest absolute Gasteiger partial charge is 0.376 e. The van der Waals surface area contributed by atoms with Crippen LogP contribution in [0.4, 0.5) is 5.69 Å². The molecule has 0 aliphatic heterocycles. The van der Waals surface area contributed by atoms with Gasteiger partial charge in [0.05, 0.1) is 0 Å². The molecule has 0 radical (unpaired) electrons. The summed E-state index contributed by atoms with van der Waals surface area (Å²) >= 11 is 4.68. The second-order valence-corrected chi connectivity index (χ2v) is 3.12. The standard InChI is InChI=1S/C10H9N3OS/c11-9(14)5-4-7-2-1-3-8(6-7)13-10(12)15/h1-3,6H,(H2,11,14)(H3,12,13,15). The van der Waals surface area contributed by atoms with Gasteiger partial charge in [-0.1, -0.05) is 12.0 Å². The van der Waals surface area contributed by atoms with Crippen LogP contribution in [0.1, 0.15) is 5.56 Å². The van der Waals surface area contributed by atoms with E-state index in [-0.39, 0.29) is 5.11 Å². The third-order valence-corrected chi connectivity index (χ3v) is 1.56. The molecule has 0 spiro atoms. The second kappa shape index (κ2) is 4.98. The Bertz CT molecular complexity index is 459. The highest BCUT2D eigenvalue weighted by atomic mass is 32.1. The lowest BCUT2D eigenvalue weighted by Crippen LogP contribution is -2.18. The first kappa shape index (κ1) is 11.0. The van der Waals surface area contributed by atoms with E-state index in [1.807, 2.05) is 0 Å². The van der Waals surface area contributed by atoms with E-state index in [0.717, 1.165) is 5.69 Å². The third kappa shape index (κ3) is 4.11. The van der Waals surface area contributed by atoms with Crippen molar-refractivity contribution in [3.05, 3.63) is 29.8 Å². The van der Waals surface area contributed by atoms with Gasteiger partial charge in [0.15, 0.2) is 5.11 Å². The van der Waals surface area contributed by atoms with Gasteiger partial charge in [-0.2, -0.15) is 0 Å². The van der Waals surface area contributed by atoms with E-state index in [1.165, 1.54) is 0 Å². The molecule has 1 aromatic carbocycles. The Hall–Kier alpha value is -2.06. The Labute approximate surface area is 92.6 Å². The fourth-order valence-electron chi connectivity index (χ4n) is 0.951. The number of hydrogen-bond donors (Lipinski definition) is 3. The van der Waals surface area contributed by atoms with E-state index < -0.39 is 5.91 Å². The smallest absolute Gasteiger partial charge is 0.293 e. The van der Waals surface area contributed by atoms with Gasteiger partial charge in [0.1, 0.15) is 0 Å². The summed E-state index contributed by atoms with van der Waals surface area (Å²) in [5.41, 5.74) is 11.6. The number of anilines is 1. The molecule has 0 aliphatic carbocycles. The van der Waals surface area contributed by atoms with Crippen LogP contribution < -0.4 is 16.8 Å². The molecule has 0 heterocycles. The summed E-state index contributed by atoms with van der Waals surface area (Å²) in [5, 5.41) is 2.93. The molecule has 15 heavy (non-hydrogen) atoms. The molecule has 5 heteroatoms.